The Labute approximate surface area is 83.4 Å². The van der Waals surface area contributed by atoms with Gasteiger partial charge in [0.25, 0.3) is 0 Å². The Morgan fingerprint density at radius 2 is 2.15 bits per heavy atom. The molecule has 0 aromatic heterocycles. The number of thiol groups is 1. The molecule has 1 N–H and O–H groups in total. The quantitative estimate of drug-likeness (QED) is 0.627. The maximum absolute atomic E-state index is 11.1. The van der Waals surface area contributed by atoms with Crippen molar-refractivity contribution in [2.24, 2.45) is 0 Å². The van der Waals surface area contributed by atoms with Crippen LogP contribution >= 0.6 is 12.6 Å². The standard InChI is InChI=1S/C7H13NO3S2/c1-2-7(9)8-5-3-13(10,11)4-6(5)12/h5-6,12H,2-4H2,1H3,(H,8,9)/t5-,6-/m1/s1. The van der Waals surface area contributed by atoms with Gasteiger partial charge in [-0.1, -0.05) is 6.92 Å². The Kier molecular flexibility index (Phi) is 3.23. The average molecular weight is 223 g/mol. The van der Waals surface area contributed by atoms with Gasteiger partial charge in [-0.15, -0.1) is 0 Å². The number of sulfone groups is 1. The minimum atomic E-state index is -2.99. The molecule has 0 bridgehead atoms. The van der Waals surface area contributed by atoms with Gasteiger partial charge in [0.05, 0.1) is 17.5 Å². The second kappa shape index (κ2) is 3.88. The van der Waals surface area contributed by atoms with Crippen LogP contribution in [0.5, 0.6) is 0 Å². The summed E-state index contributed by atoms with van der Waals surface area (Å²) in [6, 6.07) is -0.319. The predicted octanol–water partition coefficient (Wildman–Crippen LogP) is -0.392. The highest BCUT2D eigenvalue weighted by molar-refractivity contribution is 7.93. The summed E-state index contributed by atoms with van der Waals surface area (Å²) in [6.07, 6.45) is 0.372. The van der Waals surface area contributed by atoms with Crippen LogP contribution in [0.4, 0.5) is 0 Å². The van der Waals surface area contributed by atoms with Crippen LogP contribution in [0.1, 0.15) is 13.3 Å². The van der Waals surface area contributed by atoms with E-state index in [1.165, 1.54) is 0 Å². The van der Waals surface area contributed by atoms with Crippen LogP contribution < -0.4 is 5.32 Å². The van der Waals surface area contributed by atoms with E-state index in [9.17, 15) is 13.2 Å². The molecule has 0 aliphatic carbocycles. The SMILES string of the molecule is CCC(=O)N[C@@H]1CS(=O)(=O)C[C@H]1S. The second-order valence-corrected chi connectivity index (χ2v) is 5.99. The topological polar surface area (TPSA) is 63.2 Å². The monoisotopic (exact) mass is 223 g/mol. The number of nitrogens with one attached hydrogen (secondary N) is 1. The summed E-state index contributed by atoms with van der Waals surface area (Å²) in [5.74, 6) is -0.0429. The number of hydrogen-bond donors (Lipinski definition) is 2. The Bertz CT molecular complexity index is 299. The van der Waals surface area contributed by atoms with Gasteiger partial charge in [0, 0.05) is 11.7 Å². The third-order valence-electron chi connectivity index (χ3n) is 1.99. The van der Waals surface area contributed by atoms with E-state index in [-0.39, 0.29) is 28.7 Å². The Morgan fingerprint density at radius 3 is 2.54 bits per heavy atom. The smallest absolute Gasteiger partial charge is 0.219 e. The van der Waals surface area contributed by atoms with E-state index in [2.05, 4.69) is 17.9 Å². The lowest BCUT2D eigenvalue weighted by Gasteiger charge is -2.13. The fourth-order valence-corrected chi connectivity index (χ4v) is 4.03. The van der Waals surface area contributed by atoms with Gasteiger partial charge in [0.2, 0.25) is 5.91 Å². The molecule has 1 aliphatic rings. The molecule has 0 aromatic carbocycles. The van der Waals surface area contributed by atoms with Crippen molar-refractivity contribution in [3.05, 3.63) is 0 Å². The van der Waals surface area contributed by atoms with E-state index in [0.29, 0.717) is 6.42 Å². The van der Waals surface area contributed by atoms with Crippen molar-refractivity contribution < 1.29 is 13.2 Å². The molecule has 1 heterocycles. The number of carbonyl (C=O) groups is 1. The molecule has 1 amide bonds. The zero-order chi connectivity index (χ0) is 10.1. The summed E-state index contributed by atoms with van der Waals surface area (Å²) in [5.41, 5.74) is 0. The highest BCUT2D eigenvalue weighted by Gasteiger charge is 2.35. The molecule has 4 nitrogen and oxygen atoms in total. The summed E-state index contributed by atoms with van der Waals surface area (Å²) in [4.78, 5) is 11.0. The number of carbonyl (C=O) groups excluding carboxylic acids is 1. The van der Waals surface area contributed by atoms with Crippen LogP contribution in [-0.2, 0) is 14.6 Å². The first-order valence-corrected chi connectivity index (χ1v) is 6.46. The average Bonchev–Trinajstić information content (AvgIpc) is 2.24. The minimum Gasteiger partial charge on any atom is -0.351 e. The highest BCUT2D eigenvalue weighted by Crippen LogP contribution is 2.17. The van der Waals surface area contributed by atoms with Gasteiger partial charge < -0.3 is 5.32 Å². The molecule has 1 saturated heterocycles. The Morgan fingerprint density at radius 1 is 1.54 bits per heavy atom. The number of rotatable bonds is 2. The molecular formula is C7H13NO3S2. The van der Waals surface area contributed by atoms with Crippen molar-refractivity contribution in [1.82, 2.24) is 5.32 Å². The summed E-state index contributed by atoms with van der Waals surface area (Å²) in [6.45, 7) is 1.73. The predicted molar refractivity (Wildman–Crippen MR) is 53.6 cm³/mol. The molecule has 1 fully saturated rings. The molecule has 13 heavy (non-hydrogen) atoms. The van der Waals surface area contributed by atoms with Gasteiger partial charge in [0.1, 0.15) is 0 Å². The van der Waals surface area contributed by atoms with Gasteiger partial charge in [-0.3, -0.25) is 4.79 Å². The van der Waals surface area contributed by atoms with E-state index in [4.69, 9.17) is 0 Å². The summed E-state index contributed by atoms with van der Waals surface area (Å²) in [5, 5.41) is 2.38. The van der Waals surface area contributed by atoms with Crippen molar-refractivity contribution >= 4 is 28.4 Å². The molecule has 0 aromatic rings. The van der Waals surface area contributed by atoms with Crippen LogP contribution in [0.2, 0.25) is 0 Å². The van der Waals surface area contributed by atoms with Crippen LogP contribution in [0.3, 0.4) is 0 Å². The molecule has 76 valence electrons. The van der Waals surface area contributed by atoms with Crippen molar-refractivity contribution in [2.75, 3.05) is 11.5 Å². The van der Waals surface area contributed by atoms with Crippen LogP contribution in [0, 0.1) is 0 Å². The van der Waals surface area contributed by atoms with E-state index in [0.717, 1.165) is 0 Å². The molecule has 0 saturated carbocycles. The normalized spacial score (nSPS) is 31.5. The lowest BCUT2D eigenvalue weighted by Crippen LogP contribution is -2.40. The fraction of sp³-hybridized carbons (Fsp3) is 0.857. The van der Waals surface area contributed by atoms with E-state index in [1.807, 2.05) is 0 Å². The largest absolute Gasteiger partial charge is 0.351 e. The molecule has 1 rings (SSSR count). The van der Waals surface area contributed by atoms with Gasteiger partial charge in [0.15, 0.2) is 9.84 Å². The first kappa shape index (κ1) is 10.8. The Balaban J connectivity index is 2.59. The van der Waals surface area contributed by atoms with Gasteiger partial charge in [-0.05, 0) is 0 Å². The molecule has 2 atom stereocenters. The lowest BCUT2D eigenvalue weighted by atomic mass is 10.2. The molecule has 0 spiro atoms. The lowest BCUT2D eigenvalue weighted by molar-refractivity contribution is -0.121. The first-order valence-electron chi connectivity index (χ1n) is 4.12. The minimum absolute atomic E-state index is 0.0207. The molecule has 1 aliphatic heterocycles. The zero-order valence-electron chi connectivity index (χ0n) is 7.36. The molecule has 0 radical (unpaired) electrons. The van der Waals surface area contributed by atoms with Crippen molar-refractivity contribution in [1.29, 1.82) is 0 Å². The summed E-state index contributed by atoms with van der Waals surface area (Å²) >= 11 is 4.12. The van der Waals surface area contributed by atoms with Gasteiger partial charge >= 0.3 is 0 Å². The van der Waals surface area contributed by atoms with Crippen LogP contribution in [0.25, 0.3) is 0 Å². The summed E-state index contributed by atoms with van der Waals surface area (Å²) in [7, 11) is -2.99. The third kappa shape index (κ3) is 2.87. The summed E-state index contributed by atoms with van der Waals surface area (Å²) < 4.78 is 22.2. The zero-order valence-corrected chi connectivity index (χ0v) is 9.07. The van der Waals surface area contributed by atoms with Crippen LogP contribution in [0.15, 0.2) is 0 Å². The maximum Gasteiger partial charge on any atom is 0.219 e. The molecule has 6 heteroatoms. The highest BCUT2D eigenvalue weighted by atomic mass is 32.2. The maximum atomic E-state index is 11.1. The second-order valence-electron chi connectivity index (χ2n) is 3.17. The van der Waals surface area contributed by atoms with Crippen LogP contribution in [-0.4, -0.2) is 37.1 Å². The van der Waals surface area contributed by atoms with Crippen molar-refractivity contribution in [3.63, 3.8) is 0 Å². The fourth-order valence-electron chi connectivity index (χ4n) is 1.28. The molecular weight excluding hydrogens is 210 g/mol. The van der Waals surface area contributed by atoms with E-state index >= 15 is 0 Å². The van der Waals surface area contributed by atoms with Gasteiger partial charge in [-0.2, -0.15) is 12.6 Å². The van der Waals surface area contributed by atoms with Crippen molar-refractivity contribution in [2.45, 2.75) is 24.6 Å². The number of amides is 1. The van der Waals surface area contributed by atoms with Gasteiger partial charge in [-0.25, -0.2) is 8.42 Å². The first-order chi connectivity index (χ1) is 5.94. The van der Waals surface area contributed by atoms with E-state index < -0.39 is 9.84 Å². The van der Waals surface area contributed by atoms with Crippen molar-refractivity contribution in [3.8, 4) is 0 Å². The number of hydrogen-bond acceptors (Lipinski definition) is 4. The third-order valence-corrected chi connectivity index (χ3v) is 4.51. The van der Waals surface area contributed by atoms with E-state index in [1.54, 1.807) is 6.92 Å². The molecule has 0 unspecified atom stereocenters. The Hall–Kier alpha value is -0.230.